The number of carbonyl (C=O) groups is 1. The van der Waals surface area contributed by atoms with E-state index in [2.05, 4.69) is 34.0 Å². The molecule has 0 bridgehead atoms. The highest BCUT2D eigenvalue weighted by molar-refractivity contribution is 5.89. The molecular weight excluding hydrogens is 333 g/mol. The molecule has 1 aromatic heterocycles. The number of halogens is 1. The van der Waals surface area contributed by atoms with E-state index in [9.17, 15) is 9.18 Å². The SMILES string of the molecule is Cc1cc(N2CCN(C(=O)Nc3ccccc3F)CC2)nc(C(C)C)n1. The lowest BCUT2D eigenvalue weighted by atomic mass is 10.2. The van der Waals surface area contributed by atoms with Gasteiger partial charge in [0.15, 0.2) is 0 Å². The van der Waals surface area contributed by atoms with Gasteiger partial charge in [-0.25, -0.2) is 19.2 Å². The molecule has 0 aliphatic carbocycles. The molecule has 2 amide bonds. The van der Waals surface area contributed by atoms with E-state index in [1.165, 1.54) is 6.07 Å². The standard InChI is InChI=1S/C19H24FN5O/c1-13(2)18-21-14(3)12-17(23-18)24-8-10-25(11-9-24)19(26)22-16-7-5-4-6-15(16)20/h4-7,12-13H,8-11H2,1-3H3,(H,22,26). The maximum atomic E-state index is 13.7. The van der Waals surface area contributed by atoms with E-state index in [-0.39, 0.29) is 17.6 Å². The molecule has 0 saturated carbocycles. The highest BCUT2D eigenvalue weighted by Crippen LogP contribution is 2.19. The number of carbonyl (C=O) groups excluding carboxylic acids is 1. The number of anilines is 2. The maximum Gasteiger partial charge on any atom is 0.322 e. The lowest BCUT2D eigenvalue weighted by Crippen LogP contribution is -2.50. The molecule has 1 N–H and O–H groups in total. The third-order valence-corrected chi connectivity index (χ3v) is 4.38. The van der Waals surface area contributed by atoms with Gasteiger partial charge in [0, 0.05) is 43.9 Å². The Bertz CT molecular complexity index is 787. The zero-order valence-electron chi connectivity index (χ0n) is 15.4. The first-order chi connectivity index (χ1) is 12.4. The topological polar surface area (TPSA) is 61.4 Å². The summed E-state index contributed by atoms with van der Waals surface area (Å²) in [6.07, 6.45) is 0. The Morgan fingerprint density at radius 2 is 1.85 bits per heavy atom. The molecule has 3 rings (SSSR count). The zero-order chi connectivity index (χ0) is 18.7. The minimum absolute atomic E-state index is 0.202. The lowest BCUT2D eigenvalue weighted by Gasteiger charge is -2.35. The number of hydrogen-bond donors (Lipinski definition) is 1. The number of nitrogens with one attached hydrogen (secondary N) is 1. The van der Waals surface area contributed by atoms with Gasteiger partial charge in [0.25, 0.3) is 0 Å². The predicted octanol–water partition coefficient (Wildman–Crippen LogP) is 3.40. The summed E-state index contributed by atoms with van der Waals surface area (Å²) in [6.45, 7) is 8.58. The molecule has 0 atom stereocenters. The molecular formula is C19H24FN5O. The number of hydrogen-bond acceptors (Lipinski definition) is 4. The molecule has 1 aromatic carbocycles. The van der Waals surface area contributed by atoms with E-state index in [0.29, 0.717) is 26.2 Å². The van der Waals surface area contributed by atoms with Gasteiger partial charge in [-0.15, -0.1) is 0 Å². The van der Waals surface area contributed by atoms with E-state index in [0.717, 1.165) is 17.3 Å². The van der Waals surface area contributed by atoms with Gasteiger partial charge in [-0.3, -0.25) is 0 Å². The number of urea groups is 1. The summed E-state index contributed by atoms with van der Waals surface area (Å²) in [5.74, 6) is 1.56. The number of nitrogens with zero attached hydrogens (tertiary/aromatic N) is 4. The van der Waals surface area contributed by atoms with E-state index in [4.69, 9.17) is 0 Å². The molecule has 138 valence electrons. The monoisotopic (exact) mass is 357 g/mol. The van der Waals surface area contributed by atoms with Crippen molar-refractivity contribution in [2.45, 2.75) is 26.7 Å². The maximum absolute atomic E-state index is 13.7. The van der Waals surface area contributed by atoms with Gasteiger partial charge >= 0.3 is 6.03 Å². The molecule has 0 unspecified atom stereocenters. The first-order valence-corrected chi connectivity index (χ1v) is 8.85. The van der Waals surface area contributed by atoms with Crippen molar-refractivity contribution in [2.75, 3.05) is 36.4 Å². The fourth-order valence-corrected chi connectivity index (χ4v) is 2.89. The van der Waals surface area contributed by atoms with Crippen LogP contribution in [0.1, 0.15) is 31.3 Å². The summed E-state index contributed by atoms with van der Waals surface area (Å²) in [5, 5.41) is 2.64. The van der Waals surface area contributed by atoms with Crippen LogP contribution in [0.15, 0.2) is 30.3 Å². The van der Waals surface area contributed by atoms with Crippen molar-refractivity contribution in [3.63, 3.8) is 0 Å². The van der Waals surface area contributed by atoms with Gasteiger partial charge in [-0.1, -0.05) is 26.0 Å². The fourth-order valence-electron chi connectivity index (χ4n) is 2.89. The second-order valence-corrected chi connectivity index (χ2v) is 6.76. The van der Waals surface area contributed by atoms with Gasteiger partial charge in [0.2, 0.25) is 0 Å². The first-order valence-electron chi connectivity index (χ1n) is 8.85. The molecule has 0 spiro atoms. The molecule has 1 aliphatic heterocycles. The van der Waals surface area contributed by atoms with E-state index in [1.807, 2.05) is 13.0 Å². The Balaban J connectivity index is 1.62. The first kappa shape index (κ1) is 18.1. The van der Waals surface area contributed by atoms with Gasteiger partial charge in [0.05, 0.1) is 5.69 Å². The molecule has 6 nitrogen and oxygen atoms in total. The molecule has 2 heterocycles. The molecule has 1 fully saturated rings. The summed E-state index contributed by atoms with van der Waals surface area (Å²) in [4.78, 5) is 25.4. The molecule has 1 saturated heterocycles. The van der Waals surface area contributed by atoms with Crippen molar-refractivity contribution in [1.82, 2.24) is 14.9 Å². The smallest absolute Gasteiger partial charge is 0.322 e. The van der Waals surface area contributed by atoms with Crippen molar-refractivity contribution in [3.8, 4) is 0 Å². The van der Waals surface area contributed by atoms with Crippen molar-refractivity contribution in [2.24, 2.45) is 0 Å². The Morgan fingerprint density at radius 3 is 2.50 bits per heavy atom. The number of amides is 2. The number of benzene rings is 1. The molecule has 1 aliphatic rings. The summed E-state index contributed by atoms with van der Waals surface area (Å²) in [5.41, 5.74) is 1.14. The Hall–Kier alpha value is -2.70. The number of rotatable bonds is 3. The number of piperazine rings is 1. The third kappa shape index (κ3) is 4.09. The van der Waals surface area contributed by atoms with E-state index in [1.54, 1.807) is 23.1 Å². The highest BCUT2D eigenvalue weighted by Gasteiger charge is 2.23. The molecule has 0 radical (unpaired) electrons. The molecule has 7 heteroatoms. The van der Waals surface area contributed by atoms with Crippen LogP contribution in [0.4, 0.5) is 20.7 Å². The second-order valence-electron chi connectivity index (χ2n) is 6.76. The van der Waals surface area contributed by atoms with Crippen LogP contribution in [0.25, 0.3) is 0 Å². The Labute approximate surface area is 153 Å². The summed E-state index contributed by atoms with van der Waals surface area (Å²) < 4.78 is 13.7. The van der Waals surface area contributed by atoms with Crippen LogP contribution in [0.5, 0.6) is 0 Å². The number of aromatic nitrogens is 2. The Kier molecular flexibility index (Phi) is 5.35. The van der Waals surface area contributed by atoms with Crippen LogP contribution in [-0.4, -0.2) is 47.1 Å². The Morgan fingerprint density at radius 1 is 1.15 bits per heavy atom. The van der Waals surface area contributed by atoms with Crippen molar-refractivity contribution < 1.29 is 9.18 Å². The van der Waals surface area contributed by atoms with E-state index < -0.39 is 5.82 Å². The minimum atomic E-state index is -0.433. The number of para-hydroxylation sites is 1. The van der Waals surface area contributed by atoms with Crippen LogP contribution < -0.4 is 10.2 Å². The predicted molar refractivity (Wildman–Crippen MR) is 100 cm³/mol. The lowest BCUT2D eigenvalue weighted by molar-refractivity contribution is 0.208. The molecule has 26 heavy (non-hydrogen) atoms. The van der Waals surface area contributed by atoms with Crippen LogP contribution >= 0.6 is 0 Å². The largest absolute Gasteiger partial charge is 0.353 e. The van der Waals surface area contributed by atoms with Crippen molar-refractivity contribution in [1.29, 1.82) is 0 Å². The average molecular weight is 357 g/mol. The van der Waals surface area contributed by atoms with Crippen molar-refractivity contribution >= 4 is 17.5 Å². The van der Waals surface area contributed by atoms with Crippen LogP contribution in [0.2, 0.25) is 0 Å². The minimum Gasteiger partial charge on any atom is -0.353 e. The van der Waals surface area contributed by atoms with Gasteiger partial charge < -0.3 is 15.1 Å². The quantitative estimate of drug-likeness (QED) is 0.915. The highest BCUT2D eigenvalue weighted by atomic mass is 19.1. The summed E-state index contributed by atoms with van der Waals surface area (Å²) in [6, 6.07) is 7.87. The summed E-state index contributed by atoms with van der Waals surface area (Å²) in [7, 11) is 0. The molecule has 2 aromatic rings. The normalized spacial score (nSPS) is 14.7. The van der Waals surface area contributed by atoms with Crippen LogP contribution in [-0.2, 0) is 0 Å². The van der Waals surface area contributed by atoms with Gasteiger partial charge in [-0.2, -0.15) is 0 Å². The third-order valence-electron chi connectivity index (χ3n) is 4.38. The summed E-state index contributed by atoms with van der Waals surface area (Å²) >= 11 is 0. The average Bonchev–Trinajstić information content (AvgIpc) is 2.63. The number of aryl methyl sites for hydroxylation is 1. The fraction of sp³-hybridized carbons (Fsp3) is 0.421. The van der Waals surface area contributed by atoms with Crippen molar-refractivity contribution in [3.05, 3.63) is 47.7 Å². The zero-order valence-corrected chi connectivity index (χ0v) is 15.4. The van der Waals surface area contributed by atoms with Crippen LogP contribution in [0.3, 0.4) is 0 Å². The second kappa shape index (κ2) is 7.68. The van der Waals surface area contributed by atoms with E-state index >= 15 is 0 Å². The van der Waals surface area contributed by atoms with Gasteiger partial charge in [-0.05, 0) is 19.1 Å². The van der Waals surface area contributed by atoms with Gasteiger partial charge in [0.1, 0.15) is 17.5 Å². The van der Waals surface area contributed by atoms with Crippen LogP contribution in [0, 0.1) is 12.7 Å².